The maximum atomic E-state index is 9.75. The van der Waals surface area contributed by atoms with E-state index >= 15 is 0 Å². The van der Waals surface area contributed by atoms with Gasteiger partial charge in [-0.3, -0.25) is 0 Å². The molecule has 0 aliphatic carbocycles. The van der Waals surface area contributed by atoms with Crippen molar-refractivity contribution >= 4 is 7.25 Å². The maximum absolute atomic E-state index is 9.75. The van der Waals surface area contributed by atoms with Crippen LogP contribution >= 0.6 is 0 Å². The zero-order valence-electron chi connectivity index (χ0n) is 9.90. The first kappa shape index (κ1) is 15.7. The van der Waals surface area contributed by atoms with E-state index in [2.05, 4.69) is 11.8 Å². The Hall–Kier alpha value is -0.255. The summed E-state index contributed by atoms with van der Waals surface area (Å²) in [4.78, 5) is 2.62. The lowest BCUT2D eigenvalue weighted by molar-refractivity contribution is 0.224. The number of piperidine rings is 1. The third-order valence-electron chi connectivity index (χ3n) is 2.53. The van der Waals surface area contributed by atoms with Gasteiger partial charge in [-0.15, -0.1) is 0 Å². The van der Waals surface area contributed by atoms with Crippen molar-refractivity contribution in [3.63, 3.8) is 0 Å². The van der Waals surface area contributed by atoms with E-state index in [1.807, 2.05) is 0 Å². The molecule has 0 aromatic heterocycles. The van der Waals surface area contributed by atoms with Crippen molar-refractivity contribution in [1.82, 2.24) is 4.90 Å². The minimum atomic E-state index is -6.00. The Labute approximate surface area is 95.3 Å². The first-order chi connectivity index (χ1) is 7.43. The molecule has 1 fully saturated rings. The van der Waals surface area contributed by atoms with Crippen LogP contribution in [0.3, 0.4) is 0 Å². The lowest BCUT2D eigenvalue weighted by atomic mass is 10.1. The molecule has 0 unspecified atom stereocenters. The first-order valence-corrected chi connectivity index (χ1v) is 6.03. The molecule has 0 atom stereocenters. The van der Waals surface area contributed by atoms with Crippen molar-refractivity contribution in [1.29, 1.82) is 0 Å². The minimum Gasteiger partial charge on any atom is -0.418 e. The molecular weight excluding hydrogens is 221 g/mol. The summed E-state index contributed by atoms with van der Waals surface area (Å²) in [5, 5.41) is 0. The molecule has 1 nitrogen and oxygen atoms in total. The molecule has 1 aliphatic heterocycles. The highest BCUT2D eigenvalue weighted by atomic mass is 19.5. The van der Waals surface area contributed by atoms with Crippen LogP contribution in [0.25, 0.3) is 0 Å². The van der Waals surface area contributed by atoms with E-state index in [4.69, 9.17) is 0 Å². The Kier molecular flexibility index (Phi) is 8.71. The van der Waals surface area contributed by atoms with E-state index in [9.17, 15) is 17.3 Å². The molecule has 98 valence electrons. The van der Waals surface area contributed by atoms with E-state index < -0.39 is 7.25 Å². The summed E-state index contributed by atoms with van der Waals surface area (Å²) in [7, 11) is -6.00. The van der Waals surface area contributed by atoms with Gasteiger partial charge in [-0.25, -0.2) is 0 Å². The molecule has 0 bridgehead atoms. The summed E-state index contributed by atoms with van der Waals surface area (Å²) in [6.45, 7) is 6.36. The number of nitrogens with zero attached hydrogens (tertiary/aromatic N) is 1. The largest absolute Gasteiger partial charge is 0.673 e. The normalized spacial score (nSPS) is 17.8. The van der Waals surface area contributed by atoms with Crippen molar-refractivity contribution < 1.29 is 17.3 Å². The molecule has 0 aromatic rings. The minimum absolute atomic E-state index is 1.36. The highest BCUT2D eigenvalue weighted by molar-refractivity contribution is 6.50. The van der Waals surface area contributed by atoms with Gasteiger partial charge in [-0.2, -0.15) is 0 Å². The van der Waals surface area contributed by atoms with Gasteiger partial charge in [-0.05, 0) is 38.9 Å². The average molecular weight is 242 g/mol. The zero-order chi connectivity index (χ0) is 12.4. The third kappa shape index (κ3) is 13.7. The third-order valence-corrected chi connectivity index (χ3v) is 2.53. The molecule has 16 heavy (non-hydrogen) atoms. The molecule has 1 rings (SSSR count). The molecule has 1 heterocycles. The van der Waals surface area contributed by atoms with Crippen LogP contribution in [0, 0.1) is 0 Å². The monoisotopic (exact) mass is 242 g/mol. The van der Waals surface area contributed by atoms with E-state index in [0.29, 0.717) is 0 Å². The molecule has 0 amide bonds. The Morgan fingerprint density at radius 1 is 0.938 bits per heavy atom. The van der Waals surface area contributed by atoms with Crippen LogP contribution in [0.5, 0.6) is 0 Å². The predicted octanol–water partition coefficient (Wildman–Crippen LogP) is 3.96. The second kappa shape index (κ2) is 8.85. The zero-order valence-corrected chi connectivity index (χ0v) is 9.90. The summed E-state index contributed by atoms with van der Waals surface area (Å²) < 4.78 is 39.0. The van der Waals surface area contributed by atoms with Gasteiger partial charge in [0, 0.05) is 0 Å². The highest BCUT2D eigenvalue weighted by Crippen LogP contribution is 2.09. The Morgan fingerprint density at radius 2 is 1.44 bits per heavy atom. The number of hydrogen-bond acceptors (Lipinski definition) is 1. The van der Waals surface area contributed by atoms with Crippen LogP contribution in [0.4, 0.5) is 17.3 Å². The van der Waals surface area contributed by atoms with Crippen molar-refractivity contribution in [3.8, 4) is 0 Å². The molecule has 1 aliphatic rings. The quantitative estimate of drug-likeness (QED) is 0.409. The molecule has 0 radical (unpaired) electrons. The van der Waals surface area contributed by atoms with Gasteiger partial charge in [-0.1, -0.05) is 26.2 Å². The van der Waals surface area contributed by atoms with Gasteiger partial charge < -0.3 is 22.2 Å². The average Bonchev–Trinajstić information content (AvgIpc) is 2.17. The number of likely N-dealkylation sites (tertiary alicyclic amines) is 1. The summed E-state index contributed by atoms with van der Waals surface area (Å²) in [5.74, 6) is 0. The lowest BCUT2D eigenvalue weighted by Crippen LogP contribution is -2.30. The number of hydrogen-bond donors (Lipinski definition) is 0. The standard InChI is InChI=1S/C10H21N.BF4/c1-2-3-5-8-11-9-6-4-7-10-11;2-1(3,4)5/h2-10H2,1H3;/q;-1. The maximum Gasteiger partial charge on any atom is 0.673 e. The molecule has 0 N–H and O–H groups in total. The number of halogens is 4. The molecular formula is C10H21BF4N-. The van der Waals surface area contributed by atoms with E-state index in [0.717, 1.165) is 0 Å². The van der Waals surface area contributed by atoms with Crippen LogP contribution in [-0.4, -0.2) is 31.8 Å². The van der Waals surface area contributed by atoms with E-state index in [1.54, 1.807) is 0 Å². The number of rotatable bonds is 4. The Bertz CT molecular complexity index is 151. The summed E-state index contributed by atoms with van der Waals surface area (Å²) >= 11 is 0. The van der Waals surface area contributed by atoms with Gasteiger partial charge in [0.1, 0.15) is 0 Å². The van der Waals surface area contributed by atoms with Gasteiger partial charge in [0.15, 0.2) is 0 Å². The Balaban J connectivity index is 0.000000385. The van der Waals surface area contributed by atoms with Gasteiger partial charge >= 0.3 is 7.25 Å². The van der Waals surface area contributed by atoms with Crippen molar-refractivity contribution in [2.75, 3.05) is 19.6 Å². The van der Waals surface area contributed by atoms with Crippen LogP contribution < -0.4 is 0 Å². The van der Waals surface area contributed by atoms with Crippen LogP contribution in [0.2, 0.25) is 0 Å². The number of unbranched alkanes of at least 4 members (excludes halogenated alkanes) is 2. The lowest BCUT2D eigenvalue weighted by Gasteiger charge is -2.26. The SMILES string of the molecule is CCCCCN1CCCCC1.F[B-](F)(F)F. The Morgan fingerprint density at radius 3 is 1.88 bits per heavy atom. The van der Waals surface area contributed by atoms with Crippen LogP contribution in [0.1, 0.15) is 45.4 Å². The molecule has 1 saturated heterocycles. The van der Waals surface area contributed by atoms with Crippen molar-refractivity contribution in [2.45, 2.75) is 45.4 Å². The highest BCUT2D eigenvalue weighted by Gasteiger charge is 2.20. The summed E-state index contributed by atoms with van der Waals surface area (Å²) in [5.41, 5.74) is 0. The first-order valence-electron chi connectivity index (χ1n) is 6.03. The van der Waals surface area contributed by atoms with E-state index in [-0.39, 0.29) is 0 Å². The fourth-order valence-corrected chi connectivity index (χ4v) is 1.77. The molecule has 0 saturated carbocycles. The smallest absolute Gasteiger partial charge is 0.418 e. The fourth-order valence-electron chi connectivity index (χ4n) is 1.77. The summed E-state index contributed by atoms with van der Waals surface area (Å²) in [6.07, 6.45) is 8.52. The molecule has 6 heteroatoms. The molecule has 0 spiro atoms. The van der Waals surface area contributed by atoms with E-state index in [1.165, 1.54) is 58.2 Å². The fraction of sp³-hybridized carbons (Fsp3) is 1.00. The van der Waals surface area contributed by atoms with Crippen molar-refractivity contribution in [2.24, 2.45) is 0 Å². The van der Waals surface area contributed by atoms with Gasteiger partial charge in [0.2, 0.25) is 0 Å². The second-order valence-corrected chi connectivity index (χ2v) is 4.10. The second-order valence-electron chi connectivity index (χ2n) is 4.10. The predicted molar refractivity (Wildman–Crippen MR) is 60.0 cm³/mol. The topological polar surface area (TPSA) is 3.24 Å². The summed E-state index contributed by atoms with van der Waals surface area (Å²) in [6, 6.07) is 0. The van der Waals surface area contributed by atoms with Crippen molar-refractivity contribution in [3.05, 3.63) is 0 Å². The van der Waals surface area contributed by atoms with Crippen LogP contribution in [0.15, 0.2) is 0 Å². The van der Waals surface area contributed by atoms with Gasteiger partial charge in [0.05, 0.1) is 0 Å². The molecule has 0 aromatic carbocycles. The van der Waals surface area contributed by atoms with Crippen LogP contribution in [-0.2, 0) is 0 Å². The van der Waals surface area contributed by atoms with Gasteiger partial charge in [0.25, 0.3) is 0 Å².